The van der Waals surface area contributed by atoms with E-state index in [9.17, 15) is 4.79 Å². The molecule has 0 bridgehead atoms. The Kier molecular flexibility index (Phi) is 4.77. The van der Waals surface area contributed by atoms with Crippen molar-refractivity contribution in [1.29, 1.82) is 0 Å². The van der Waals surface area contributed by atoms with Crippen molar-refractivity contribution in [3.05, 3.63) is 53.2 Å². The van der Waals surface area contributed by atoms with Crippen LogP contribution >= 0.6 is 11.6 Å². The molecule has 8 heteroatoms. The number of likely N-dealkylation sites (tertiary alicyclic amines) is 1. The van der Waals surface area contributed by atoms with Gasteiger partial charge in [-0.2, -0.15) is 0 Å². The maximum absolute atomic E-state index is 12.5. The number of carbonyl (C=O) groups excluding carboxylic acids is 1. The van der Waals surface area contributed by atoms with Crippen molar-refractivity contribution >= 4 is 29.2 Å². The molecule has 2 N–H and O–H groups in total. The van der Waals surface area contributed by atoms with Crippen molar-refractivity contribution in [2.75, 3.05) is 25.0 Å². The van der Waals surface area contributed by atoms with Crippen molar-refractivity contribution in [3.63, 3.8) is 0 Å². The summed E-state index contributed by atoms with van der Waals surface area (Å²) < 4.78 is 0. The number of amidine groups is 1. The highest BCUT2D eigenvalue weighted by molar-refractivity contribution is 6.32. The van der Waals surface area contributed by atoms with Crippen LogP contribution < -0.4 is 10.6 Å². The summed E-state index contributed by atoms with van der Waals surface area (Å²) in [7, 11) is 0. The van der Waals surface area contributed by atoms with Crippen LogP contribution in [0.2, 0.25) is 5.15 Å². The predicted octanol–water partition coefficient (Wildman–Crippen LogP) is 2.92. The number of carbonyl (C=O) groups is 1. The van der Waals surface area contributed by atoms with Gasteiger partial charge in [-0.25, -0.2) is 15.0 Å². The van der Waals surface area contributed by atoms with Crippen molar-refractivity contribution in [2.24, 2.45) is 4.99 Å². The third-order valence-corrected chi connectivity index (χ3v) is 4.80. The quantitative estimate of drug-likeness (QED) is 0.794. The summed E-state index contributed by atoms with van der Waals surface area (Å²) in [5, 5.41) is 6.57. The van der Waals surface area contributed by atoms with Crippen molar-refractivity contribution < 1.29 is 4.79 Å². The van der Waals surface area contributed by atoms with Gasteiger partial charge in [-0.15, -0.1) is 0 Å². The number of nitrogens with one attached hydrogen (secondary N) is 2. The molecule has 0 aromatic carbocycles. The van der Waals surface area contributed by atoms with E-state index in [0.717, 1.165) is 48.8 Å². The highest BCUT2D eigenvalue weighted by atomic mass is 35.5. The summed E-state index contributed by atoms with van der Waals surface area (Å²) in [5.41, 5.74) is 2.14. The number of hydrogen-bond donors (Lipinski definition) is 2. The van der Waals surface area contributed by atoms with Crippen LogP contribution in [0.15, 0.2) is 47.5 Å². The number of pyridine rings is 2. The number of nitrogens with zero attached hydrogens (tertiary/aromatic N) is 4. The van der Waals surface area contributed by atoms with E-state index in [1.807, 2.05) is 25.1 Å². The summed E-state index contributed by atoms with van der Waals surface area (Å²) in [6.07, 6.45) is 6.36. The summed E-state index contributed by atoms with van der Waals surface area (Å²) in [6, 6.07) is 5.57. The Bertz CT molecular complexity index is 951. The smallest absolute Gasteiger partial charge is 0.257 e. The fourth-order valence-electron chi connectivity index (χ4n) is 2.90. The first-order valence-corrected chi connectivity index (χ1v) is 9.15. The Morgan fingerprint density at radius 3 is 2.85 bits per heavy atom. The minimum absolute atomic E-state index is 0.0716. The Balaban J connectivity index is 1.60. The molecule has 0 unspecified atom stereocenters. The second kappa shape index (κ2) is 7.36. The molecule has 1 saturated heterocycles. The normalized spacial score (nSPS) is 16.0. The zero-order valence-corrected chi connectivity index (χ0v) is 15.6. The number of aromatic nitrogens is 2. The van der Waals surface area contributed by atoms with Gasteiger partial charge in [-0.1, -0.05) is 11.6 Å². The molecule has 138 valence electrons. The average molecular weight is 383 g/mol. The summed E-state index contributed by atoms with van der Waals surface area (Å²) in [4.78, 5) is 27.3. The number of halogens is 1. The first-order chi connectivity index (χ1) is 13.1. The summed E-state index contributed by atoms with van der Waals surface area (Å²) in [5.74, 6) is 2.20. The van der Waals surface area contributed by atoms with Crippen LogP contribution in [-0.2, 0) is 0 Å². The standard InChI is InChI=1S/C19H19ClN6O/c1-12-21-6-4-16(24-12)25-17-10-13(3-5-22-17)14-9-15(18(20)23-11-14)19(27)26-7-2-8-26/h3-5,9-11H,2,6-8H2,1H3,(H,21,24)(H,22,25). The lowest BCUT2D eigenvalue weighted by Crippen LogP contribution is -2.42. The third kappa shape index (κ3) is 3.78. The van der Waals surface area contributed by atoms with E-state index >= 15 is 0 Å². The number of rotatable bonds is 4. The Labute approximate surface area is 162 Å². The Morgan fingerprint density at radius 2 is 2.11 bits per heavy atom. The number of anilines is 1. The molecule has 0 spiro atoms. The first-order valence-electron chi connectivity index (χ1n) is 8.78. The second-order valence-electron chi connectivity index (χ2n) is 6.43. The fourth-order valence-corrected chi connectivity index (χ4v) is 3.08. The zero-order chi connectivity index (χ0) is 18.8. The van der Waals surface area contributed by atoms with Gasteiger partial charge in [0.2, 0.25) is 0 Å². The van der Waals surface area contributed by atoms with E-state index < -0.39 is 0 Å². The molecule has 2 aromatic heterocycles. The lowest BCUT2D eigenvalue weighted by atomic mass is 10.1. The molecule has 1 fully saturated rings. The van der Waals surface area contributed by atoms with Gasteiger partial charge in [0.25, 0.3) is 5.91 Å². The Morgan fingerprint density at radius 1 is 1.26 bits per heavy atom. The number of hydrogen-bond acceptors (Lipinski definition) is 6. The van der Waals surface area contributed by atoms with Crippen LogP contribution in [0.1, 0.15) is 23.7 Å². The molecule has 7 nitrogen and oxygen atoms in total. The largest absolute Gasteiger partial charge is 0.370 e. The molecule has 1 amide bonds. The lowest BCUT2D eigenvalue weighted by molar-refractivity contribution is 0.0651. The molecule has 2 aromatic rings. The SMILES string of the molecule is CC1=NC(Nc2cc(-c3cnc(Cl)c(C(=O)N4CCC4)c3)ccn2)=CCN1. The molecule has 0 aliphatic carbocycles. The van der Waals surface area contributed by atoms with Gasteiger partial charge in [0, 0.05) is 37.6 Å². The van der Waals surface area contributed by atoms with Gasteiger partial charge in [0.05, 0.1) is 5.56 Å². The maximum atomic E-state index is 12.5. The lowest BCUT2D eigenvalue weighted by Gasteiger charge is -2.31. The highest BCUT2D eigenvalue weighted by Gasteiger charge is 2.24. The van der Waals surface area contributed by atoms with E-state index in [-0.39, 0.29) is 11.1 Å². The first kappa shape index (κ1) is 17.5. The van der Waals surface area contributed by atoms with Crippen LogP contribution in [0.5, 0.6) is 0 Å². The van der Waals surface area contributed by atoms with Gasteiger partial charge in [0.1, 0.15) is 22.6 Å². The molecule has 2 aliphatic heterocycles. The van der Waals surface area contributed by atoms with Crippen molar-refractivity contribution in [3.8, 4) is 11.1 Å². The van der Waals surface area contributed by atoms with Gasteiger partial charge >= 0.3 is 0 Å². The van der Waals surface area contributed by atoms with Gasteiger partial charge in [-0.05, 0) is 43.2 Å². The predicted molar refractivity (Wildman–Crippen MR) is 106 cm³/mol. The average Bonchev–Trinajstić information content (AvgIpc) is 2.61. The molecule has 0 radical (unpaired) electrons. The molecule has 0 saturated carbocycles. The summed E-state index contributed by atoms with van der Waals surface area (Å²) >= 11 is 6.17. The van der Waals surface area contributed by atoms with Crippen molar-refractivity contribution in [2.45, 2.75) is 13.3 Å². The maximum Gasteiger partial charge on any atom is 0.257 e. The molecule has 27 heavy (non-hydrogen) atoms. The minimum atomic E-state index is -0.0716. The van der Waals surface area contributed by atoms with Crippen LogP contribution in [0, 0.1) is 0 Å². The highest BCUT2D eigenvalue weighted by Crippen LogP contribution is 2.26. The third-order valence-electron chi connectivity index (χ3n) is 4.50. The van der Waals surface area contributed by atoms with Gasteiger partial charge < -0.3 is 15.5 Å². The van der Waals surface area contributed by atoms with E-state index in [4.69, 9.17) is 11.6 Å². The molecular formula is C19H19ClN6O. The summed E-state index contributed by atoms with van der Waals surface area (Å²) in [6.45, 7) is 4.17. The number of aliphatic imine (C=N–C) groups is 1. The minimum Gasteiger partial charge on any atom is -0.370 e. The van der Waals surface area contributed by atoms with E-state index in [1.165, 1.54) is 0 Å². The monoisotopic (exact) mass is 382 g/mol. The Hall–Kier alpha value is -2.93. The second-order valence-corrected chi connectivity index (χ2v) is 6.79. The van der Waals surface area contributed by atoms with Crippen LogP contribution in [0.4, 0.5) is 5.82 Å². The van der Waals surface area contributed by atoms with Crippen LogP contribution in [0.3, 0.4) is 0 Å². The number of amides is 1. The van der Waals surface area contributed by atoms with Crippen LogP contribution in [0.25, 0.3) is 11.1 Å². The van der Waals surface area contributed by atoms with E-state index in [1.54, 1.807) is 23.4 Å². The topological polar surface area (TPSA) is 82.5 Å². The fraction of sp³-hybridized carbons (Fsp3) is 0.263. The molecule has 0 atom stereocenters. The van der Waals surface area contributed by atoms with E-state index in [2.05, 4.69) is 25.6 Å². The molecule has 4 rings (SSSR count). The molecule has 4 heterocycles. The van der Waals surface area contributed by atoms with Crippen LogP contribution in [-0.4, -0.2) is 46.2 Å². The molecule has 2 aliphatic rings. The van der Waals surface area contributed by atoms with Gasteiger partial charge in [-0.3, -0.25) is 4.79 Å². The molecular weight excluding hydrogens is 364 g/mol. The van der Waals surface area contributed by atoms with Gasteiger partial charge in [0.15, 0.2) is 0 Å². The van der Waals surface area contributed by atoms with Crippen molar-refractivity contribution in [1.82, 2.24) is 20.2 Å². The van der Waals surface area contributed by atoms with E-state index in [0.29, 0.717) is 11.4 Å². The zero-order valence-electron chi connectivity index (χ0n) is 14.9.